The minimum atomic E-state index is -0.0461. The van der Waals surface area contributed by atoms with Crippen LogP contribution in [0.5, 0.6) is 0 Å². The Hall–Kier alpha value is -0.300. The molecule has 0 atom stereocenters. The van der Waals surface area contributed by atoms with E-state index in [9.17, 15) is 0 Å². The lowest BCUT2D eigenvalue weighted by Crippen LogP contribution is -2.32. The number of ether oxygens (including phenoxy) is 1. The van der Waals surface area contributed by atoms with E-state index >= 15 is 0 Å². The maximum absolute atomic E-state index is 5.59. The second kappa shape index (κ2) is 2.09. The van der Waals surface area contributed by atoms with E-state index in [1.54, 1.807) is 0 Å². The lowest BCUT2D eigenvalue weighted by molar-refractivity contribution is -0.0255. The van der Waals surface area contributed by atoms with Gasteiger partial charge in [0.1, 0.15) is 0 Å². The van der Waals surface area contributed by atoms with Gasteiger partial charge >= 0.3 is 0 Å². The van der Waals surface area contributed by atoms with Gasteiger partial charge < -0.3 is 4.74 Å². The van der Waals surface area contributed by atoms with E-state index in [2.05, 4.69) is 39.8 Å². The fourth-order valence-electron chi connectivity index (χ4n) is 0.895. The maximum atomic E-state index is 5.59. The van der Waals surface area contributed by atoms with Crippen molar-refractivity contribution in [2.24, 2.45) is 5.41 Å². The molecule has 1 heteroatoms. The van der Waals surface area contributed by atoms with Gasteiger partial charge in [-0.05, 0) is 13.8 Å². The molecular weight excluding hydrogens is 124 g/mol. The molecule has 0 aromatic heterocycles. The summed E-state index contributed by atoms with van der Waals surface area (Å²) < 4.78 is 5.59. The predicted molar refractivity (Wildman–Crippen MR) is 43.0 cm³/mol. The molecule has 0 fully saturated rings. The van der Waals surface area contributed by atoms with E-state index in [0.717, 1.165) is 6.61 Å². The molecule has 0 bridgehead atoms. The zero-order valence-electron chi connectivity index (χ0n) is 7.27. The van der Waals surface area contributed by atoms with Crippen LogP contribution in [0.15, 0.2) is 12.2 Å². The fraction of sp³-hybridized carbons (Fsp3) is 0.778. The van der Waals surface area contributed by atoms with E-state index in [-0.39, 0.29) is 11.0 Å². The number of hydrogen-bond acceptors (Lipinski definition) is 1. The molecular formula is C9H16O. The van der Waals surface area contributed by atoms with Crippen LogP contribution < -0.4 is 0 Å². The smallest absolute Gasteiger partial charge is 0.0807 e. The Labute approximate surface area is 63.1 Å². The molecule has 0 amide bonds. The molecule has 1 aliphatic heterocycles. The van der Waals surface area contributed by atoms with E-state index in [4.69, 9.17) is 4.74 Å². The Morgan fingerprint density at radius 1 is 1.10 bits per heavy atom. The highest BCUT2D eigenvalue weighted by atomic mass is 16.5. The Morgan fingerprint density at radius 3 is 2.00 bits per heavy atom. The molecule has 0 aromatic carbocycles. The molecule has 0 saturated carbocycles. The van der Waals surface area contributed by atoms with Crippen molar-refractivity contribution in [3.63, 3.8) is 0 Å². The van der Waals surface area contributed by atoms with E-state index in [0.29, 0.717) is 0 Å². The SMILES string of the molecule is CC1(C)C=CC(C)(C)OC1. The molecule has 58 valence electrons. The molecule has 1 nitrogen and oxygen atoms in total. The molecule has 0 unspecified atom stereocenters. The summed E-state index contributed by atoms with van der Waals surface area (Å²) in [4.78, 5) is 0. The van der Waals surface area contributed by atoms with Gasteiger partial charge in [-0.1, -0.05) is 26.0 Å². The second-order valence-corrected chi connectivity index (χ2v) is 4.21. The summed E-state index contributed by atoms with van der Waals surface area (Å²) in [7, 11) is 0. The van der Waals surface area contributed by atoms with Crippen molar-refractivity contribution in [2.75, 3.05) is 6.61 Å². The van der Waals surface area contributed by atoms with Crippen LogP contribution in [0.2, 0.25) is 0 Å². The summed E-state index contributed by atoms with van der Waals surface area (Å²) in [6.45, 7) is 9.35. The summed E-state index contributed by atoms with van der Waals surface area (Å²) in [5.41, 5.74) is 0.186. The molecule has 0 spiro atoms. The molecule has 1 heterocycles. The molecule has 1 aliphatic rings. The van der Waals surface area contributed by atoms with Crippen molar-refractivity contribution < 1.29 is 4.74 Å². The van der Waals surface area contributed by atoms with Crippen LogP contribution in [0.1, 0.15) is 27.7 Å². The topological polar surface area (TPSA) is 9.23 Å². The van der Waals surface area contributed by atoms with Crippen molar-refractivity contribution in [2.45, 2.75) is 33.3 Å². The Kier molecular flexibility index (Phi) is 1.63. The van der Waals surface area contributed by atoms with E-state index in [1.807, 2.05) is 0 Å². The third kappa shape index (κ3) is 1.84. The van der Waals surface area contributed by atoms with Crippen LogP contribution in [0.4, 0.5) is 0 Å². The third-order valence-electron chi connectivity index (χ3n) is 1.75. The highest BCUT2D eigenvalue weighted by molar-refractivity contribution is 5.07. The van der Waals surface area contributed by atoms with Crippen molar-refractivity contribution in [3.05, 3.63) is 12.2 Å². The summed E-state index contributed by atoms with van der Waals surface area (Å²) in [6.07, 6.45) is 4.37. The number of rotatable bonds is 0. The van der Waals surface area contributed by atoms with Gasteiger partial charge in [0.15, 0.2) is 0 Å². The largest absolute Gasteiger partial charge is 0.371 e. The number of hydrogen-bond donors (Lipinski definition) is 0. The van der Waals surface area contributed by atoms with Crippen LogP contribution >= 0.6 is 0 Å². The monoisotopic (exact) mass is 140 g/mol. The van der Waals surface area contributed by atoms with Crippen molar-refractivity contribution in [3.8, 4) is 0 Å². The summed E-state index contributed by atoms with van der Waals surface area (Å²) >= 11 is 0. The molecule has 0 aliphatic carbocycles. The summed E-state index contributed by atoms with van der Waals surface area (Å²) in [5, 5.41) is 0. The van der Waals surface area contributed by atoms with Gasteiger partial charge in [-0.3, -0.25) is 0 Å². The minimum Gasteiger partial charge on any atom is -0.371 e. The molecule has 0 saturated heterocycles. The minimum absolute atomic E-state index is 0.0461. The molecule has 0 aromatic rings. The van der Waals surface area contributed by atoms with Crippen molar-refractivity contribution >= 4 is 0 Å². The van der Waals surface area contributed by atoms with E-state index < -0.39 is 0 Å². The van der Waals surface area contributed by atoms with Gasteiger partial charge in [0.25, 0.3) is 0 Å². The van der Waals surface area contributed by atoms with Crippen LogP contribution in [0, 0.1) is 5.41 Å². The second-order valence-electron chi connectivity index (χ2n) is 4.21. The lowest BCUT2D eigenvalue weighted by atomic mass is 9.89. The van der Waals surface area contributed by atoms with Gasteiger partial charge in [0, 0.05) is 5.41 Å². The summed E-state index contributed by atoms with van der Waals surface area (Å²) in [6, 6.07) is 0. The normalized spacial score (nSPS) is 28.4. The Morgan fingerprint density at radius 2 is 1.70 bits per heavy atom. The van der Waals surface area contributed by atoms with Crippen molar-refractivity contribution in [1.82, 2.24) is 0 Å². The molecule has 0 radical (unpaired) electrons. The average Bonchev–Trinajstić information content (AvgIpc) is 1.79. The lowest BCUT2D eigenvalue weighted by Gasteiger charge is -2.33. The first-order valence-electron chi connectivity index (χ1n) is 3.76. The van der Waals surface area contributed by atoms with Crippen LogP contribution in [-0.2, 0) is 4.74 Å². The van der Waals surface area contributed by atoms with Gasteiger partial charge in [-0.15, -0.1) is 0 Å². The van der Waals surface area contributed by atoms with Gasteiger partial charge in [-0.25, -0.2) is 0 Å². The zero-order valence-corrected chi connectivity index (χ0v) is 7.27. The Balaban J connectivity index is 2.70. The van der Waals surface area contributed by atoms with Crippen LogP contribution in [0.25, 0.3) is 0 Å². The highest BCUT2D eigenvalue weighted by Gasteiger charge is 2.26. The van der Waals surface area contributed by atoms with Crippen LogP contribution in [0.3, 0.4) is 0 Å². The predicted octanol–water partition coefficient (Wildman–Crippen LogP) is 2.38. The first-order chi connectivity index (χ1) is 4.41. The highest BCUT2D eigenvalue weighted by Crippen LogP contribution is 2.28. The zero-order chi connectivity index (χ0) is 7.83. The fourth-order valence-corrected chi connectivity index (χ4v) is 0.895. The molecule has 1 rings (SSSR count). The van der Waals surface area contributed by atoms with Crippen LogP contribution in [-0.4, -0.2) is 12.2 Å². The van der Waals surface area contributed by atoms with Crippen molar-refractivity contribution in [1.29, 1.82) is 0 Å². The third-order valence-corrected chi connectivity index (χ3v) is 1.75. The maximum Gasteiger partial charge on any atom is 0.0807 e. The van der Waals surface area contributed by atoms with Gasteiger partial charge in [0.2, 0.25) is 0 Å². The van der Waals surface area contributed by atoms with Gasteiger partial charge in [-0.2, -0.15) is 0 Å². The first kappa shape index (κ1) is 7.80. The average molecular weight is 140 g/mol. The molecule has 0 N–H and O–H groups in total. The summed E-state index contributed by atoms with van der Waals surface area (Å²) in [5.74, 6) is 0. The van der Waals surface area contributed by atoms with E-state index in [1.165, 1.54) is 0 Å². The molecule has 10 heavy (non-hydrogen) atoms. The standard InChI is InChI=1S/C9H16O/c1-8(2)5-6-9(3,4)10-7-8/h5-6H,7H2,1-4H3. The quantitative estimate of drug-likeness (QED) is 0.469. The van der Waals surface area contributed by atoms with Gasteiger partial charge in [0.05, 0.1) is 12.2 Å². The Bertz CT molecular complexity index is 136. The first-order valence-corrected chi connectivity index (χ1v) is 3.76.